The Hall–Kier alpha value is -7.64. The van der Waals surface area contributed by atoms with Crippen LogP contribution in [0.2, 0.25) is 0 Å². The first-order valence-electron chi connectivity index (χ1n) is 21.0. The van der Waals surface area contributed by atoms with Crippen molar-refractivity contribution in [2.24, 2.45) is 0 Å². The fourth-order valence-electron chi connectivity index (χ4n) is 8.70. The van der Waals surface area contributed by atoms with E-state index in [1.54, 1.807) is 0 Å². The second kappa shape index (κ2) is 17.1. The molecule has 62 heavy (non-hydrogen) atoms. The first-order chi connectivity index (χ1) is 30.2. The summed E-state index contributed by atoms with van der Waals surface area (Å²) < 4.78 is 0. The molecule has 0 saturated heterocycles. The second-order valence-electron chi connectivity index (χ2n) is 16.0. The van der Waals surface area contributed by atoms with Crippen LogP contribution in [-0.4, -0.2) is 29.9 Å². The molecule has 2 aromatic heterocycles. The van der Waals surface area contributed by atoms with Crippen LogP contribution < -0.4 is 4.90 Å². The Morgan fingerprint density at radius 2 is 0.629 bits per heavy atom. The first kappa shape index (κ1) is 39.8. The monoisotopic (exact) mass is 805 g/mol. The van der Waals surface area contributed by atoms with E-state index in [9.17, 15) is 0 Å². The Balaban J connectivity index is 1.30. The smallest absolute Gasteiger partial charge is 0.241 e. The molecule has 7 aromatic carbocycles. The van der Waals surface area contributed by atoms with Crippen molar-refractivity contribution in [1.82, 2.24) is 29.9 Å². The van der Waals surface area contributed by atoms with Crippen molar-refractivity contribution in [3.8, 4) is 45.6 Å². The van der Waals surface area contributed by atoms with Gasteiger partial charge in [-0.3, -0.25) is 0 Å². The number of nitrogens with zero attached hydrogens (tertiary/aromatic N) is 7. The molecule has 0 aliphatic carbocycles. The molecular weight excluding hydrogens is 759 g/mol. The van der Waals surface area contributed by atoms with Crippen molar-refractivity contribution < 1.29 is 0 Å². The van der Waals surface area contributed by atoms with Gasteiger partial charge in [0.1, 0.15) is 0 Å². The van der Waals surface area contributed by atoms with Crippen LogP contribution in [0, 0.1) is 41.5 Å². The fraction of sp³-hybridized carbons (Fsp3) is 0.127. The van der Waals surface area contributed by atoms with Crippen LogP contribution in [-0.2, 0) is 0 Å². The number of anilines is 3. The molecule has 0 amide bonds. The van der Waals surface area contributed by atoms with Gasteiger partial charge in [0, 0.05) is 28.2 Å². The summed E-state index contributed by atoms with van der Waals surface area (Å²) in [7, 11) is 0. The highest BCUT2D eigenvalue weighted by atomic mass is 15.4. The van der Waals surface area contributed by atoms with Gasteiger partial charge in [-0.25, -0.2) is 14.9 Å². The highest BCUT2D eigenvalue weighted by Crippen LogP contribution is 2.42. The topological polar surface area (TPSA) is 80.6 Å². The van der Waals surface area contributed by atoms with E-state index in [0.717, 1.165) is 27.9 Å². The number of hydrogen-bond donors (Lipinski definition) is 0. The minimum Gasteiger partial charge on any atom is -0.246 e. The van der Waals surface area contributed by atoms with E-state index in [-0.39, 0.29) is 5.92 Å². The standard InChI is InChI=1S/C55H47N7/c1-35-31-37(3)47(38(4)32-35)49(48-39(5)33-36(2)34-40(48)6)41-27-29-46(30-28-41)62(54-58-50(42-19-11-7-12-20-42)56-51(59-54)43-21-13-8-14-22-43)55-60-52(44-23-15-9-16-24-44)57-53(61-55)45-25-17-10-18-26-45/h7-34,49H,1-6H3. The molecule has 7 nitrogen and oxygen atoms in total. The SMILES string of the molecule is Cc1cc(C)c(C(c2ccc(N(c3nc(-c4ccccc4)nc(-c4ccccc4)n3)c3nc(-c4ccccc4)nc(-c4ccccc4)n3)cc2)c2c(C)cc(C)cc2C)c(C)c1. The molecule has 0 N–H and O–H groups in total. The van der Waals surface area contributed by atoms with Crippen molar-refractivity contribution in [3.05, 3.63) is 220 Å². The summed E-state index contributed by atoms with van der Waals surface area (Å²) in [5, 5.41) is 0. The molecule has 0 spiro atoms. The number of hydrogen-bond acceptors (Lipinski definition) is 7. The second-order valence-corrected chi connectivity index (χ2v) is 16.0. The van der Waals surface area contributed by atoms with Gasteiger partial charge in [0.05, 0.1) is 5.69 Å². The molecule has 9 rings (SSSR count). The van der Waals surface area contributed by atoms with Crippen LogP contribution in [0.4, 0.5) is 17.6 Å². The molecular formula is C55H47N7. The molecule has 302 valence electrons. The van der Waals surface area contributed by atoms with Crippen molar-refractivity contribution in [2.75, 3.05) is 4.90 Å². The highest BCUT2D eigenvalue weighted by molar-refractivity contribution is 5.74. The van der Waals surface area contributed by atoms with Gasteiger partial charge in [0.25, 0.3) is 0 Å². The molecule has 0 radical (unpaired) electrons. The predicted molar refractivity (Wildman–Crippen MR) is 252 cm³/mol. The molecule has 9 aromatic rings. The number of rotatable bonds is 10. The largest absolute Gasteiger partial charge is 0.246 e. The zero-order valence-electron chi connectivity index (χ0n) is 35.9. The molecule has 7 heteroatoms. The van der Waals surface area contributed by atoms with E-state index in [2.05, 4.69) is 90.1 Å². The Morgan fingerprint density at radius 3 is 0.919 bits per heavy atom. The maximum absolute atomic E-state index is 5.21. The molecule has 0 unspecified atom stereocenters. The summed E-state index contributed by atoms with van der Waals surface area (Å²) in [6, 6.07) is 58.0. The summed E-state index contributed by atoms with van der Waals surface area (Å²) in [6.07, 6.45) is 0. The van der Waals surface area contributed by atoms with Crippen LogP contribution in [0.3, 0.4) is 0 Å². The average Bonchev–Trinajstić information content (AvgIpc) is 3.29. The van der Waals surface area contributed by atoms with Gasteiger partial charge < -0.3 is 0 Å². The van der Waals surface area contributed by atoms with Crippen LogP contribution in [0.1, 0.15) is 56.0 Å². The van der Waals surface area contributed by atoms with Gasteiger partial charge in [-0.2, -0.15) is 19.9 Å². The number of aromatic nitrogens is 6. The Bertz CT molecular complexity index is 2660. The van der Waals surface area contributed by atoms with E-state index in [0.29, 0.717) is 35.2 Å². The van der Waals surface area contributed by atoms with Gasteiger partial charge >= 0.3 is 0 Å². The van der Waals surface area contributed by atoms with Gasteiger partial charge in [-0.1, -0.05) is 169 Å². The quantitative estimate of drug-likeness (QED) is 0.127. The normalized spacial score (nSPS) is 11.2. The first-order valence-corrected chi connectivity index (χ1v) is 21.0. The number of aryl methyl sites for hydroxylation is 6. The fourth-order valence-corrected chi connectivity index (χ4v) is 8.70. The van der Waals surface area contributed by atoms with E-state index in [1.807, 2.05) is 126 Å². The Morgan fingerprint density at radius 1 is 0.339 bits per heavy atom. The molecule has 2 heterocycles. The van der Waals surface area contributed by atoms with Crippen LogP contribution in [0.15, 0.2) is 170 Å². The third-order valence-corrected chi connectivity index (χ3v) is 11.3. The lowest BCUT2D eigenvalue weighted by molar-refractivity contribution is 0.917. The lowest BCUT2D eigenvalue weighted by atomic mass is 9.77. The van der Waals surface area contributed by atoms with Gasteiger partial charge in [-0.15, -0.1) is 0 Å². The van der Waals surface area contributed by atoms with E-state index < -0.39 is 0 Å². The zero-order chi connectivity index (χ0) is 42.7. The van der Waals surface area contributed by atoms with Gasteiger partial charge in [0.2, 0.25) is 11.9 Å². The summed E-state index contributed by atoms with van der Waals surface area (Å²) in [6.45, 7) is 13.3. The predicted octanol–water partition coefficient (Wildman–Crippen LogP) is 13.2. The minimum atomic E-state index is -0.00298. The van der Waals surface area contributed by atoms with Gasteiger partial charge in [-0.05, 0) is 92.6 Å². The summed E-state index contributed by atoms with van der Waals surface area (Å²) in [5.41, 5.74) is 15.7. The van der Waals surface area contributed by atoms with Crippen LogP contribution in [0.5, 0.6) is 0 Å². The maximum Gasteiger partial charge on any atom is 0.241 e. The third-order valence-electron chi connectivity index (χ3n) is 11.3. The van der Waals surface area contributed by atoms with Crippen molar-refractivity contribution in [2.45, 2.75) is 47.5 Å². The maximum atomic E-state index is 5.21. The van der Waals surface area contributed by atoms with Crippen molar-refractivity contribution >= 4 is 17.6 Å². The van der Waals surface area contributed by atoms with E-state index in [1.165, 1.54) is 50.1 Å². The number of benzene rings is 7. The summed E-state index contributed by atoms with van der Waals surface area (Å²) in [4.78, 5) is 32.8. The van der Waals surface area contributed by atoms with Crippen LogP contribution >= 0.6 is 0 Å². The molecule has 0 fully saturated rings. The van der Waals surface area contributed by atoms with Gasteiger partial charge in [0.15, 0.2) is 23.3 Å². The van der Waals surface area contributed by atoms with Crippen LogP contribution in [0.25, 0.3) is 45.6 Å². The Labute approximate surface area is 364 Å². The molecule has 0 aliphatic rings. The van der Waals surface area contributed by atoms with Crippen molar-refractivity contribution in [1.29, 1.82) is 0 Å². The summed E-state index contributed by atoms with van der Waals surface area (Å²) >= 11 is 0. The van der Waals surface area contributed by atoms with Crippen molar-refractivity contribution in [3.63, 3.8) is 0 Å². The summed E-state index contributed by atoms with van der Waals surface area (Å²) in [5.74, 6) is 2.89. The molecule has 0 bridgehead atoms. The lowest BCUT2D eigenvalue weighted by Gasteiger charge is -2.28. The molecule has 0 aliphatic heterocycles. The third kappa shape index (κ3) is 8.13. The molecule has 0 atom stereocenters. The highest BCUT2D eigenvalue weighted by Gasteiger charge is 2.27. The average molecular weight is 806 g/mol. The minimum absolute atomic E-state index is 0.00298. The Kier molecular flexibility index (Phi) is 11.0. The lowest BCUT2D eigenvalue weighted by Crippen LogP contribution is -2.19. The molecule has 0 saturated carbocycles. The van der Waals surface area contributed by atoms with E-state index in [4.69, 9.17) is 29.9 Å². The zero-order valence-corrected chi connectivity index (χ0v) is 35.9. The van der Waals surface area contributed by atoms with E-state index >= 15 is 0 Å².